The van der Waals surface area contributed by atoms with Gasteiger partial charge in [0.25, 0.3) is 5.91 Å². The molecular formula is C14H15FN4O2. The van der Waals surface area contributed by atoms with Gasteiger partial charge in [-0.25, -0.2) is 4.39 Å². The van der Waals surface area contributed by atoms with Gasteiger partial charge in [-0.15, -0.1) is 0 Å². The quantitative estimate of drug-likeness (QED) is 0.892. The summed E-state index contributed by atoms with van der Waals surface area (Å²) in [5.41, 5.74) is 1.37. The summed E-state index contributed by atoms with van der Waals surface area (Å²) in [6.45, 7) is 1.79. The molecule has 0 spiro atoms. The molecule has 1 heterocycles. The fraction of sp³-hybridized carbons (Fsp3) is 0.214. The minimum Gasteiger partial charge on any atom is -0.358 e. The highest BCUT2D eigenvalue weighted by Crippen LogP contribution is 2.13. The number of likely N-dealkylation sites (N-methyl/N-ethyl adjacent to an activating group) is 1. The Morgan fingerprint density at radius 3 is 2.86 bits per heavy atom. The van der Waals surface area contributed by atoms with Crippen molar-refractivity contribution in [3.63, 3.8) is 0 Å². The Morgan fingerprint density at radius 1 is 1.38 bits per heavy atom. The van der Waals surface area contributed by atoms with Crippen LogP contribution in [0.3, 0.4) is 0 Å². The first-order chi connectivity index (χ1) is 9.99. The molecule has 0 aliphatic heterocycles. The average molecular weight is 290 g/mol. The Labute approximate surface area is 121 Å². The van der Waals surface area contributed by atoms with E-state index in [0.29, 0.717) is 11.3 Å². The molecule has 2 rings (SSSR count). The largest absolute Gasteiger partial charge is 0.358 e. The number of aryl methyl sites for hydroxylation is 1. The van der Waals surface area contributed by atoms with Crippen LogP contribution >= 0.6 is 0 Å². The lowest BCUT2D eigenvalue weighted by atomic mass is 10.1. The minimum absolute atomic E-state index is 0.0609. The molecule has 2 amide bonds. The molecule has 6 nitrogen and oxygen atoms in total. The highest BCUT2D eigenvalue weighted by Gasteiger charge is 2.12. The first-order valence-corrected chi connectivity index (χ1v) is 6.30. The number of hydrogen-bond acceptors (Lipinski definition) is 3. The van der Waals surface area contributed by atoms with Crippen LogP contribution in [0.5, 0.6) is 0 Å². The molecule has 2 N–H and O–H groups in total. The predicted molar refractivity (Wildman–Crippen MR) is 75.4 cm³/mol. The fourth-order valence-corrected chi connectivity index (χ4v) is 1.78. The highest BCUT2D eigenvalue weighted by atomic mass is 19.1. The molecule has 7 heteroatoms. The molecule has 1 aromatic heterocycles. The highest BCUT2D eigenvalue weighted by molar-refractivity contribution is 6.05. The van der Waals surface area contributed by atoms with E-state index in [-0.39, 0.29) is 18.0 Å². The van der Waals surface area contributed by atoms with Crippen molar-refractivity contribution in [2.45, 2.75) is 13.5 Å². The smallest absolute Gasteiger partial charge is 0.256 e. The summed E-state index contributed by atoms with van der Waals surface area (Å²) in [6.07, 6.45) is 2.96. The topological polar surface area (TPSA) is 76.0 Å². The molecule has 0 fully saturated rings. The van der Waals surface area contributed by atoms with Gasteiger partial charge in [-0.1, -0.05) is 6.07 Å². The van der Waals surface area contributed by atoms with Crippen molar-refractivity contribution < 1.29 is 14.0 Å². The summed E-state index contributed by atoms with van der Waals surface area (Å²) in [5.74, 6) is -1.09. The van der Waals surface area contributed by atoms with Gasteiger partial charge in [-0.3, -0.25) is 14.3 Å². The number of anilines is 1. The maximum atomic E-state index is 13.2. The molecule has 0 bridgehead atoms. The van der Waals surface area contributed by atoms with Crippen LogP contribution in [0.2, 0.25) is 0 Å². The van der Waals surface area contributed by atoms with Crippen LogP contribution in [-0.4, -0.2) is 28.6 Å². The van der Waals surface area contributed by atoms with E-state index in [4.69, 9.17) is 0 Å². The third kappa shape index (κ3) is 3.65. The van der Waals surface area contributed by atoms with Crippen molar-refractivity contribution in [1.29, 1.82) is 0 Å². The zero-order valence-electron chi connectivity index (χ0n) is 11.7. The molecular weight excluding hydrogens is 275 g/mol. The number of halogens is 1. The predicted octanol–water partition coefficient (Wildman–Crippen LogP) is 1.33. The number of nitrogens with zero attached hydrogens (tertiary/aromatic N) is 2. The Hall–Kier alpha value is -2.70. The molecule has 0 aliphatic carbocycles. The van der Waals surface area contributed by atoms with Gasteiger partial charge in [0.2, 0.25) is 5.91 Å². The Balaban J connectivity index is 2.09. The van der Waals surface area contributed by atoms with Crippen LogP contribution in [0.15, 0.2) is 30.6 Å². The number of amides is 2. The number of rotatable bonds is 4. The van der Waals surface area contributed by atoms with Crippen LogP contribution in [0.4, 0.5) is 10.1 Å². The van der Waals surface area contributed by atoms with Gasteiger partial charge in [-0.2, -0.15) is 5.10 Å². The van der Waals surface area contributed by atoms with Crippen LogP contribution < -0.4 is 10.6 Å². The maximum Gasteiger partial charge on any atom is 0.256 e. The fourth-order valence-electron chi connectivity index (χ4n) is 1.78. The van der Waals surface area contributed by atoms with Crippen molar-refractivity contribution in [3.8, 4) is 0 Å². The first kappa shape index (κ1) is 14.7. The first-order valence-electron chi connectivity index (χ1n) is 6.30. The van der Waals surface area contributed by atoms with Gasteiger partial charge in [0.15, 0.2) is 0 Å². The molecule has 0 saturated carbocycles. The Kier molecular flexibility index (Phi) is 4.32. The minimum atomic E-state index is -0.471. The van der Waals surface area contributed by atoms with E-state index >= 15 is 0 Å². The van der Waals surface area contributed by atoms with Gasteiger partial charge in [-0.05, 0) is 24.6 Å². The van der Waals surface area contributed by atoms with E-state index in [0.717, 1.165) is 0 Å². The van der Waals surface area contributed by atoms with Crippen LogP contribution in [0.1, 0.15) is 15.9 Å². The Bertz CT molecular complexity index is 681. The SMILES string of the molecule is CNC(=O)Cn1cc(NC(=O)c2cc(F)ccc2C)cn1. The monoisotopic (exact) mass is 290 g/mol. The lowest BCUT2D eigenvalue weighted by Crippen LogP contribution is -2.23. The summed E-state index contributed by atoms with van der Waals surface area (Å²) < 4.78 is 14.6. The lowest BCUT2D eigenvalue weighted by molar-refractivity contribution is -0.121. The molecule has 0 aliphatic rings. The van der Waals surface area contributed by atoms with Crippen molar-refractivity contribution in [3.05, 3.63) is 47.5 Å². The second-order valence-electron chi connectivity index (χ2n) is 4.51. The summed E-state index contributed by atoms with van der Waals surface area (Å²) in [6, 6.07) is 4.02. The zero-order valence-corrected chi connectivity index (χ0v) is 11.7. The number of benzene rings is 1. The van der Waals surface area contributed by atoms with Crippen molar-refractivity contribution >= 4 is 17.5 Å². The van der Waals surface area contributed by atoms with Crippen molar-refractivity contribution in [2.24, 2.45) is 0 Å². The maximum absolute atomic E-state index is 13.2. The number of nitrogens with one attached hydrogen (secondary N) is 2. The third-order valence-corrected chi connectivity index (χ3v) is 2.92. The number of carbonyl (C=O) groups excluding carboxylic acids is 2. The van der Waals surface area contributed by atoms with Crippen molar-refractivity contribution in [1.82, 2.24) is 15.1 Å². The van der Waals surface area contributed by atoms with E-state index in [9.17, 15) is 14.0 Å². The normalized spacial score (nSPS) is 10.2. The van der Waals surface area contributed by atoms with Crippen LogP contribution in [0, 0.1) is 12.7 Å². The number of aromatic nitrogens is 2. The Morgan fingerprint density at radius 2 is 2.14 bits per heavy atom. The van der Waals surface area contributed by atoms with Gasteiger partial charge in [0, 0.05) is 18.8 Å². The second-order valence-corrected chi connectivity index (χ2v) is 4.51. The molecule has 2 aromatic rings. The third-order valence-electron chi connectivity index (χ3n) is 2.92. The van der Waals surface area contributed by atoms with Crippen LogP contribution in [-0.2, 0) is 11.3 Å². The van der Waals surface area contributed by atoms with E-state index < -0.39 is 11.7 Å². The average Bonchev–Trinajstić information content (AvgIpc) is 2.88. The van der Waals surface area contributed by atoms with Crippen LogP contribution in [0.25, 0.3) is 0 Å². The summed E-state index contributed by atoms with van der Waals surface area (Å²) >= 11 is 0. The standard InChI is InChI=1S/C14H15FN4O2/c1-9-3-4-10(15)5-12(9)14(21)18-11-6-17-19(7-11)8-13(20)16-2/h3-7H,8H2,1-2H3,(H,16,20)(H,18,21). The molecule has 0 saturated heterocycles. The van der Waals surface area contributed by atoms with E-state index in [1.807, 2.05) is 0 Å². The zero-order chi connectivity index (χ0) is 15.4. The molecule has 110 valence electrons. The number of hydrogen-bond donors (Lipinski definition) is 2. The summed E-state index contributed by atoms with van der Waals surface area (Å²) in [7, 11) is 1.53. The molecule has 0 radical (unpaired) electrons. The summed E-state index contributed by atoms with van der Waals surface area (Å²) in [5, 5.41) is 9.05. The molecule has 1 aromatic carbocycles. The van der Waals surface area contributed by atoms with Gasteiger partial charge in [0.1, 0.15) is 12.4 Å². The molecule has 0 unspecified atom stereocenters. The molecule has 21 heavy (non-hydrogen) atoms. The van der Waals surface area contributed by atoms with E-state index in [1.54, 1.807) is 13.0 Å². The van der Waals surface area contributed by atoms with Gasteiger partial charge < -0.3 is 10.6 Å². The van der Waals surface area contributed by atoms with E-state index in [1.165, 1.54) is 36.3 Å². The van der Waals surface area contributed by atoms with E-state index in [2.05, 4.69) is 15.7 Å². The second kappa shape index (κ2) is 6.17. The lowest BCUT2D eigenvalue weighted by Gasteiger charge is -2.06. The van der Waals surface area contributed by atoms with Crippen molar-refractivity contribution in [2.75, 3.05) is 12.4 Å². The van der Waals surface area contributed by atoms with Gasteiger partial charge >= 0.3 is 0 Å². The van der Waals surface area contributed by atoms with Gasteiger partial charge in [0.05, 0.1) is 11.9 Å². The summed E-state index contributed by atoms with van der Waals surface area (Å²) in [4.78, 5) is 23.3. The molecule has 0 atom stereocenters. The number of carbonyl (C=O) groups is 2.